The van der Waals surface area contributed by atoms with Crippen molar-refractivity contribution in [2.45, 2.75) is 19.3 Å². The van der Waals surface area contributed by atoms with E-state index < -0.39 is 0 Å². The molecule has 0 radical (unpaired) electrons. The molecule has 0 amide bonds. The molecule has 9 aromatic rings. The lowest BCUT2D eigenvalue weighted by Crippen LogP contribution is -2.15. The quantitative estimate of drug-likeness (QED) is 0.182. The van der Waals surface area contributed by atoms with Gasteiger partial charge < -0.3 is 0 Å². The molecule has 10 rings (SSSR count). The molecule has 1 aliphatic rings. The minimum atomic E-state index is -0.111. The van der Waals surface area contributed by atoms with Gasteiger partial charge in [0.25, 0.3) is 0 Å². The van der Waals surface area contributed by atoms with Crippen LogP contribution in [0.2, 0.25) is 0 Å². The van der Waals surface area contributed by atoms with Crippen LogP contribution >= 0.6 is 11.3 Å². The van der Waals surface area contributed by atoms with E-state index in [2.05, 4.69) is 135 Å². The second kappa shape index (κ2) is 10.1. The zero-order valence-corrected chi connectivity index (χ0v) is 27.3. The van der Waals surface area contributed by atoms with Crippen LogP contribution in [-0.2, 0) is 5.41 Å². The molecule has 4 heteroatoms. The van der Waals surface area contributed by atoms with Gasteiger partial charge in [0.2, 0.25) is 0 Å². The molecule has 2 aromatic heterocycles. The number of benzene rings is 7. The smallest absolute Gasteiger partial charge is 0.164 e. The molecule has 226 valence electrons. The number of thiophene rings is 1. The summed E-state index contributed by atoms with van der Waals surface area (Å²) in [4.78, 5) is 15.3. The number of fused-ring (bicyclic) bond motifs is 10. The zero-order valence-electron chi connectivity index (χ0n) is 26.5. The van der Waals surface area contributed by atoms with Crippen molar-refractivity contribution in [3.8, 4) is 45.3 Å². The normalized spacial score (nSPS) is 13.4. The maximum Gasteiger partial charge on any atom is 0.164 e. The molecule has 0 saturated carbocycles. The third kappa shape index (κ3) is 4.03. The van der Waals surface area contributed by atoms with Gasteiger partial charge in [0.1, 0.15) is 0 Å². The molecule has 0 aliphatic heterocycles. The largest absolute Gasteiger partial charge is 0.208 e. The zero-order chi connectivity index (χ0) is 32.0. The minimum Gasteiger partial charge on any atom is -0.208 e. The number of nitrogens with zero attached hydrogens (tertiary/aromatic N) is 3. The Morgan fingerprint density at radius 2 is 1.10 bits per heavy atom. The lowest BCUT2D eigenvalue weighted by Gasteiger charge is -2.21. The van der Waals surface area contributed by atoms with Gasteiger partial charge in [-0.15, -0.1) is 11.3 Å². The second-order valence-electron chi connectivity index (χ2n) is 13.2. The molecule has 2 heterocycles. The predicted octanol–water partition coefficient (Wildman–Crippen LogP) is 11.9. The van der Waals surface area contributed by atoms with E-state index in [-0.39, 0.29) is 5.41 Å². The first-order chi connectivity index (χ1) is 23.5. The van der Waals surface area contributed by atoms with E-state index in [1.54, 1.807) is 0 Å². The summed E-state index contributed by atoms with van der Waals surface area (Å²) in [6.07, 6.45) is 0. The topological polar surface area (TPSA) is 38.7 Å². The number of hydrogen-bond donors (Lipinski definition) is 0. The van der Waals surface area contributed by atoms with Crippen molar-refractivity contribution in [1.29, 1.82) is 0 Å². The summed E-state index contributed by atoms with van der Waals surface area (Å²) >= 11 is 1.86. The molecule has 0 saturated heterocycles. The number of aromatic nitrogens is 3. The molecule has 7 aromatic carbocycles. The van der Waals surface area contributed by atoms with Crippen molar-refractivity contribution in [3.05, 3.63) is 151 Å². The SMILES string of the molecule is CC1(C)c2ccccc2-c2ccc(-c3nc(-c4ccccc4)nc(-c4ccc5sc6c(ccc7ccc8ccccc8c76)c5c4)n3)cc21. The van der Waals surface area contributed by atoms with Crippen LogP contribution in [0.4, 0.5) is 0 Å². The fourth-order valence-electron chi connectivity index (χ4n) is 7.65. The highest BCUT2D eigenvalue weighted by atomic mass is 32.1. The van der Waals surface area contributed by atoms with E-state index in [0.29, 0.717) is 17.5 Å². The first-order valence-electron chi connectivity index (χ1n) is 16.4. The standard InChI is InChI=1S/C44H29N3S/c1-44(2)36-15-9-8-14-32(36)33-21-19-30(25-37(33)44)43-46-41(28-11-4-3-5-12-28)45-42(47-43)29-20-23-38-35(24-29)34-22-18-27-17-16-26-10-6-7-13-31(26)39(27)40(34)48-38/h3-25H,1-2H3. The summed E-state index contributed by atoms with van der Waals surface area (Å²) in [5, 5.41) is 7.64. The molecular formula is C44H29N3S. The Morgan fingerprint density at radius 3 is 1.96 bits per heavy atom. The van der Waals surface area contributed by atoms with Gasteiger partial charge in [0, 0.05) is 47.7 Å². The van der Waals surface area contributed by atoms with Crippen molar-refractivity contribution in [2.75, 3.05) is 0 Å². The average Bonchev–Trinajstić information content (AvgIpc) is 3.63. The van der Waals surface area contributed by atoms with E-state index in [9.17, 15) is 0 Å². The summed E-state index contributed by atoms with van der Waals surface area (Å²) in [6, 6.07) is 50.0. The molecule has 0 unspecified atom stereocenters. The highest BCUT2D eigenvalue weighted by Crippen LogP contribution is 2.49. The lowest BCUT2D eigenvalue weighted by atomic mass is 9.82. The lowest BCUT2D eigenvalue weighted by molar-refractivity contribution is 0.660. The first-order valence-corrected chi connectivity index (χ1v) is 17.2. The number of rotatable bonds is 3. The van der Waals surface area contributed by atoms with Gasteiger partial charge >= 0.3 is 0 Å². The van der Waals surface area contributed by atoms with Crippen LogP contribution in [0.15, 0.2) is 140 Å². The van der Waals surface area contributed by atoms with Gasteiger partial charge in [-0.05, 0) is 62.7 Å². The van der Waals surface area contributed by atoms with Crippen LogP contribution in [0, 0.1) is 0 Å². The van der Waals surface area contributed by atoms with Gasteiger partial charge in [-0.3, -0.25) is 0 Å². The Morgan fingerprint density at radius 1 is 0.458 bits per heavy atom. The fraction of sp³-hybridized carbons (Fsp3) is 0.0682. The van der Waals surface area contributed by atoms with Crippen molar-refractivity contribution in [2.24, 2.45) is 0 Å². The summed E-state index contributed by atoms with van der Waals surface area (Å²) in [6.45, 7) is 4.62. The van der Waals surface area contributed by atoms with Crippen molar-refractivity contribution in [1.82, 2.24) is 15.0 Å². The maximum atomic E-state index is 5.17. The van der Waals surface area contributed by atoms with Crippen molar-refractivity contribution in [3.63, 3.8) is 0 Å². The van der Waals surface area contributed by atoms with Crippen LogP contribution in [0.1, 0.15) is 25.0 Å². The van der Waals surface area contributed by atoms with Gasteiger partial charge in [0.05, 0.1) is 0 Å². The van der Waals surface area contributed by atoms with Crippen LogP contribution in [-0.4, -0.2) is 15.0 Å². The van der Waals surface area contributed by atoms with Crippen LogP contribution < -0.4 is 0 Å². The molecule has 1 aliphatic carbocycles. The van der Waals surface area contributed by atoms with E-state index in [0.717, 1.165) is 16.7 Å². The molecule has 0 fully saturated rings. The molecular weight excluding hydrogens is 603 g/mol. The van der Waals surface area contributed by atoms with E-state index in [1.165, 1.54) is 64.0 Å². The highest BCUT2D eigenvalue weighted by Gasteiger charge is 2.35. The van der Waals surface area contributed by atoms with Crippen molar-refractivity contribution < 1.29 is 0 Å². The maximum absolute atomic E-state index is 5.17. The van der Waals surface area contributed by atoms with Crippen LogP contribution in [0.3, 0.4) is 0 Å². The Kier molecular flexibility index (Phi) is 5.79. The van der Waals surface area contributed by atoms with Gasteiger partial charge in [-0.25, -0.2) is 15.0 Å². The fourth-order valence-corrected chi connectivity index (χ4v) is 8.91. The third-order valence-corrected chi connectivity index (χ3v) is 11.3. The second-order valence-corrected chi connectivity index (χ2v) is 14.3. The van der Waals surface area contributed by atoms with E-state index in [1.807, 2.05) is 29.5 Å². The summed E-state index contributed by atoms with van der Waals surface area (Å²) < 4.78 is 2.58. The first kappa shape index (κ1) is 27.4. The van der Waals surface area contributed by atoms with E-state index in [4.69, 9.17) is 15.0 Å². The minimum absolute atomic E-state index is 0.111. The highest BCUT2D eigenvalue weighted by molar-refractivity contribution is 7.26. The third-order valence-electron chi connectivity index (χ3n) is 10.1. The van der Waals surface area contributed by atoms with Crippen LogP contribution in [0.25, 0.3) is 87.0 Å². The average molecular weight is 632 g/mol. The summed E-state index contributed by atoms with van der Waals surface area (Å²) in [5.41, 5.74) is 8.09. The Bertz CT molecular complexity index is 2760. The monoisotopic (exact) mass is 631 g/mol. The van der Waals surface area contributed by atoms with Gasteiger partial charge in [-0.1, -0.05) is 129 Å². The van der Waals surface area contributed by atoms with Gasteiger partial charge in [-0.2, -0.15) is 0 Å². The number of hydrogen-bond acceptors (Lipinski definition) is 4. The Hall–Kier alpha value is -5.71. The molecule has 48 heavy (non-hydrogen) atoms. The Balaban J connectivity index is 1.17. The summed E-state index contributed by atoms with van der Waals surface area (Å²) in [7, 11) is 0. The van der Waals surface area contributed by atoms with Crippen molar-refractivity contribution >= 4 is 53.1 Å². The van der Waals surface area contributed by atoms with Gasteiger partial charge in [0.15, 0.2) is 17.5 Å². The molecule has 0 spiro atoms. The molecule has 0 bridgehead atoms. The predicted molar refractivity (Wildman–Crippen MR) is 202 cm³/mol. The Labute approximate surface area is 282 Å². The molecule has 0 atom stereocenters. The molecule has 0 N–H and O–H groups in total. The summed E-state index contributed by atoms with van der Waals surface area (Å²) in [5.74, 6) is 2.03. The molecule has 3 nitrogen and oxygen atoms in total. The van der Waals surface area contributed by atoms with Crippen LogP contribution in [0.5, 0.6) is 0 Å². The van der Waals surface area contributed by atoms with E-state index >= 15 is 0 Å².